The molecule has 0 aliphatic carbocycles. The Morgan fingerprint density at radius 2 is 2.00 bits per heavy atom. The topological polar surface area (TPSA) is 131 Å². The van der Waals surface area contributed by atoms with Gasteiger partial charge in [-0.2, -0.15) is 0 Å². The van der Waals surface area contributed by atoms with Crippen LogP contribution in [0.25, 0.3) is 16.7 Å². The Hall–Kier alpha value is -4.60. The molecule has 0 aliphatic rings. The largest absolute Gasteiger partial charge is 0.360 e. The van der Waals surface area contributed by atoms with Gasteiger partial charge in [-0.05, 0) is 42.8 Å². The number of nitrogens with zero attached hydrogens (tertiary/aromatic N) is 5. The molecule has 0 fully saturated rings. The number of nitrogens with one attached hydrogen (secondary N) is 2. The maximum Gasteiger partial charge on any atom is 0.267 e. The molecular weight excluding hydrogens is 410 g/mol. The number of rotatable bonds is 4. The van der Waals surface area contributed by atoms with Crippen LogP contribution in [0, 0.1) is 12.3 Å². The predicted octanol–water partition coefficient (Wildman–Crippen LogP) is 2.12. The monoisotopic (exact) mass is 427 g/mol. The first-order chi connectivity index (χ1) is 15.5. The van der Waals surface area contributed by atoms with E-state index in [-0.39, 0.29) is 34.4 Å². The number of carbonyl (C=O) groups is 1. The zero-order chi connectivity index (χ0) is 22.2. The summed E-state index contributed by atoms with van der Waals surface area (Å²) in [5.41, 5.74) is 1.21. The molecule has 5 rings (SSSR count). The normalized spacial score (nSPS) is 11.2. The zero-order valence-corrected chi connectivity index (χ0v) is 16.9. The number of carbonyl (C=O) groups excluding carboxylic acids is 1. The van der Waals surface area contributed by atoms with Crippen LogP contribution in [0.1, 0.15) is 21.7 Å². The zero-order valence-electron chi connectivity index (χ0n) is 16.9. The summed E-state index contributed by atoms with van der Waals surface area (Å²) in [6.07, 6.45) is 4.90. The van der Waals surface area contributed by atoms with Crippen LogP contribution in [0.15, 0.2) is 70.4 Å². The summed E-state index contributed by atoms with van der Waals surface area (Å²) < 4.78 is 7.94. The van der Waals surface area contributed by atoms with Crippen molar-refractivity contribution < 1.29 is 9.32 Å². The first-order valence-electron chi connectivity index (χ1n) is 9.74. The highest BCUT2D eigenvalue weighted by molar-refractivity contribution is 6.05. The molecule has 10 nitrogen and oxygen atoms in total. The van der Waals surface area contributed by atoms with Crippen LogP contribution < -0.4 is 16.4 Å². The van der Waals surface area contributed by atoms with Gasteiger partial charge in [-0.25, -0.2) is 4.98 Å². The number of aryl methyl sites for hydroxylation is 1. The minimum atomic E-state index is -0.578. The van der Waals surface area contributed by atoms with Crippen molar-refractivity contribution in [2.75, 3.05) is 5.32 Å². The molecule has 5 heterocycles. The van der Waals surface area contributed by atoms with Crippen molar-refractivity contribution in [1.29, 1.82) is 5.41 Å². The third-order valence-electron chi connectivity index (χ3n) is 5.02. The smallest absolute Gasteiger partial charge is 0.267 e. The lowest BCUT2D eigenvalue weighted by Gasteiger charge is -2.14. The fourth-order valence-electron chi connectivity index (χ4n) is 3.49. The van der Waals surface area contributed by atoms with Gasteiger partial charge < -0.3 is 14.4 Å². The third kappa shape index (κ3) is 3.33. The van der Waals surface area contributed by atoms with Crippen molar-refractivity contribution in [3.63, 3.8) is 0 Å². The van der Waals surface area contributed by atoms with Gasteiger partial charge in [-0.1, -0.05) is 11.2 Å². The highest BCUT2D eigenvalue weighted by Crippen LogP contribution is 2.14. The molecule has 0 aromatic carbocycles. The first-order valence-corrected chi connectivity index (χ1v) is 9.74. The summed E-state index contributed by atoms with van der Waals surface area (Å²) in [6, 6.07) is 11.8. The van der Waals surface area contributed by atoms with Gasteiger partial charge >= 0.3 is 0 Å². The SMILES string of the molecule is Cc1cc(NC(=O)c2cc3c(=O)n4ccccc4nc3n(Cc3ccncc3)c2=N)no1. The van der Waals surface area contributed by atoms with Gasteiger partial charge in [-0.15, -0.1) is 0 Å². The summed E-state index contributed by atoms with van der Waals surface area (Å²) >= 11 is 0. The molecule has 32 heavy (non-hydrogen) atoms. The summed E-state index contributed by atoms with van der Waals surface area (Å²) in [4.78, 5) is 34.9. The molecule has 2 N–H and O–H groups in total. The van der Waals surface area contributed by atoms with Gasteiger partial charge in [0, 0.05) is 24.7 Å². The van der Waals surface area contributed by atoms with Gasteiger partial charge in [-0.3, -0.25) is 24.4 Å². The maximum atomic E-state index is 13.2. The minimum absolute atomic E-state index is 0.0157. The van der Waals surface area contributed by atoms with Crippen LogP contribution in [0.3, 0.4) is 0 Å². The number of aromatic nitrogens is 5. The van der Waals surface area contributed by atoms with E-state index in [1.165, 1.54) is 10.5 Å². The molecule has 0 radical (unpaired) electrons. The van der Waals surface area contributed by atoms with E-state index < -0.39 is 5.91 Å². The molecule has 5 aromatic rings. The van der Waals surface area contributed by atoms with E-state index >= 15 is 0 Å². The van der Waals surface area contributed by atoms with Crippen LogP contribution in [0.5, 0.6) is 0 Å². The molecule has 10 heteroatoms. The minimum Gasteiger partial charge on any atom is -0.360 e. The van der Waals surface area contributed by atoms with Crippen molar-refractivity contribution >= 4 is 28.4 Å². The summed E-state index contributed by atoms with van der Waals surface area (Å²) in [6.45, 7) is 1.94. The molecule has 1 amide bonds. The van der Waals surface area contributed by atoms with Crippen molar-refractivity contribution in [3.8, 4) is 0 Å². The van der Waals surface area contributed by atoms with E-state index in [1.807, 2.05) is 0 Å². The standard InChI is InChI=1S/C22H17N7O3/c1-13-10-17(27-32-13)25-21(30)15-11-16-20(26-18-4-2-3-9-28(18)22(16)31)29(19(15)23)12-14-5-7-24-8-6-14/h2-11,23H,12H2,1H3,(H,25,27,30). The first kappa shape index (κ1) is 19.4. The molecular formula is C22H17N7O3. The summed E-state index contributed by atoms with van der Waals surface area (Å²) in [5.74, 6) is 0.179. The van der Waals surface area contributed by atoms with Crippen LogP contribution in [-0.4, -0.2) is 30.0 Å². The molecule has 158 valence electrons. The van der Waals surface area contributed by atoms with E-state index in [4.69, 9.17) is 9.93 Å². The number of fused-ring (bicyclic) bond motifs is 2. The van der Waals surface area contributed by atoms with Gasteiger partial charge in [0.2, 0.25) is 0 Å². The van der Waals surface area contributed by atoms with E-state index in [9.17, 15) is 9.59 Å². The van der Waals surface area contributed by atoms with Gasteiger partial charge in [0.1, 0.15) is 22.5 Å². The molecule has 0 bridgehead atoms. The summed E-state index contributed by atoms with van der Waals surface area (Å²) in [5, 5.41) is 15.4. The van der Waals surface area contributed by atoms with Crippen molar-refractivity contribution in [3.05, 3.63) is 93.8 Å². The van der Waals surface area contributed by atoms with Gasteiger partial charge in [0.15, 0.2) is 5.82 Å². The predicted molar refractivity (Wildman–Crippen MR) is 115 cm³/mol. The fraction of sp³-hybridized carbons (Fsp3) is 0.0909. The summed E-state index contributed by atoms with van der Waals surface area (Å²) in [7, 11) is 0. The number of amides is 1. The number of hydrogen-bond acceptors (Lipinski definition) is 7. The van der Waals surface area contributed by atoms with Gasteiger partial charge in [0.05, 0.1) is 17.5 Å². The van der Waals surface area contributed by atoms with Crippen LogP contribution in [-0.2, 0) is 6.54 Å². The lowest BCUT2D eigenvalue weighted by Crippen LogP contribution is -2.32. The molecule has 5 aromatic heterocycles. The van der Waals surface area contributed by atoms with E-state index in [0.717, 1.165) is 5.56 Å². The molecule has 0 spiro atoms. The number of hydrogen-bond donors (Lipinski definition) is 2. The molecule has 0 saturated heterocycles. The lowest BCUT2D eigenvalue weighted by molar-refractivity contribution is 0.102. The Labute approximate surface area is 180 Å². The Balaban J connectivity index is 1.75. The number of anilines is 1. The lowest BCUT2D eigenvalue weighted by atomic mass is 10.1. The third-order valence-corrected chi connectivity index (χ3v) is 5.02. The van der Waals surface area contributed by atoms with Crippen LogP contribution >= 0.6 is 0 Å². The highest BCUT2D eigenvalue weighted by Gasteiger charge is 2.18. The Morgan fingerprint density at radius 3 is 2.75 bits per heavy atom. The van der Waals surface area contributed by atoms with Crippen molar-refractivity contribution in [1.82, 2.24) is 24.1 Å². The van der Waals surface area contributed by atoms with Crippen molar-refractivity contribution in [2.45, 2.75) is 13.5 Å². The van der Waals surface area contributed by atoms with E-state index in [2.05, 4.69) is 20.4 Å². The second-order valence-electron chi connectivity index (χ2n) is 7.21. The average molecular weight is 427 g/mol. The average Bonchev–Trinajstić information content (AvgIpc) is 3.21. The second-order valence-corrected chi connectivity index (χ2v) is 7.21. The Bertz CT molecular complexity index is 1600. The van der Waals surface area contributed by atoms with E-state index in [1.54, 1.807) is 66.5 Å². The van der Waals surface area contributed by atoms with Crippen molar-refractivity contribution in [2.24, 2.45) is 0 Å². The second kappa shape index (κ2) is 7.58. The van der Waals surface area contributed by atoms with Gasteiger partial charge in [0.25, 0.3) is 11.5 Å². The van der Waals surface area contributed by atoms with Crippen LogP contribution in [0.4, 0.5) is 5.82 Å². The fourth-order valence-corrected chi connectivity index (χ4v) is 3.49. The Morgan fingerprint density at radius 1 is 1.19 bits per heavy atom. The Kier molecular flexibility index (Phi) is 4.59. The number of pyridine rings is 3. The van der Waals surface area contributed by atoms with Crippen LogP contribution in [0.2, 0.25) is 0 Å². The molecule has 0 saturated carbocycles. The molecule has 0 atom stereocenters. The van der Waals surface area contributed by atoms with E-state index in [0.29, 0.717) is 17.1 Å². The molecule has 0 aliphatic heterocycles. The highest BCUT2D eigenvalue weighted by atomic mass is 16.5. The maximum absolute atomic E-state index is 13.2. The quantitative estimate of drug-likeness (QED) is 0.423. The molecule has 0 unspecified atom stereocenters.